The Hall–Kier alpha value is -4.60. The first-order valence-corrected chi connectivity index (χ1v) is 12.3. The molecule has 0 atom stereocenters. The minimum absolute atomic E-state index is 0.133. The predicted octanol–water partition coefficient (Wildman–Crippen LogP) is 3.32. The van der Waals surface area contributed by atoms with Crippen LogP contribution in [0.3, 0.4) is 0 Å². The summed E-state index contributed by atoms with van der Waals surface area (Å²) in [7, 11) is 1.69. The molecule has 0 unspecified atom stereocenters. The second kappa shape index (κ2) is 11.0. The Balaban J connectivity index is 1.25. The van der Waals surface area contributed by atoms with Crippen molar-refractivity contribution >= 4 is 23.3 Å². The van der Waals surface area contributed by atoms with Gasteiger partial charge in [0.25, 0.3) is 11.8 Å². The van der Waals surface area contributed by atoms with Gasteiger partial charge in [0, 0.05) is 56.4 Å². The number of pyridine rings is 3. The van der Waals surface area contributed by atoms with Crippen LogP contribution in [0.15, 0.2) is 67.1 Å². The van der Waals surface area contributed by atoms with Crippen molar-refractivity contribution in [1.29, 1.82) is 0 Å². The summed E-state index contributed by atoms with van der Waals surface area (Å²) in [5.41, 5.74) is 3.06. The van der Waals surface area contributed by atoms with E-state index in [9.17, 15) is 9.59 Å². The SMILES string of the molecule is Cn1cc(NC(=O)c2cccc(-c3ccnc(NCC4CC4)c3)n2)c(C(=O)NCCc2ccccn2)n1. The quantitative estimate of drug-likeness (QED) is 0.307. The third kappa shape index (κ3) is 6.35. The van der Waals surface area contributed by atoms with E-state index < -0.39 is 5.91 Å². The minimum Gasteiger partial charge on any atom is -0.370 e. The highest BCUT2D eigenvalue weighted by Crippen LogP contribution is 2.29. The first-order valence-electron chi connectivity index (χ1n) is 12.3. The van der Waals surface area contributed by atoms with Crippen molar-refractivity contribution < 1.29 is 9.59 Å². The van der Waals surface area contributed by atoms with Crippen LogP contribution >= 0.6 is 0 Å². The van der Waals surface area contributed by atoms with E-state index >= 15 is 0 Å². The average Bonchev–Trinajstić information content (AvgIpc) is 3.69. The van der Waals surface area contributed by atoms with Gasteiger partial charge in [0.2, 0.25) is 0 Å². The molecule has 1 fully saturated rings. The molecule has 188 valence electrons. The van der Waals surface area contributed by atoms with E-state index in [1.54, 1.807) is 37.8 Å². The van der Waals surface area contributed by atoms with E-state index in [4.69, 9.17) is 0 Å². The van der Waals surface area contributed by atoms with Crippen LogP contribution in [0.2, 0.25) is 0 Å². The summed E-state index contributed by atoms with van der Waals surface area (Å²) in [5.74, 6) is 0.709. The topological polar surface area (TPSA) is 127 Å². The molecule has 10 nitrogen and oxygen atoms in total. The Kier molecular flexibility index (Phi) is 7.16. The first kappa shape index (κ1) is 24.1. The second-order valence-corrected chi connectivity index (χ2v) is 9.01. The molecule has 1 aliphatic rings. The summed E-state index contributed by atoms with van der Waals surface area (Å²) in [6.07, 6.45) is 8.15. The van der Waals surface area contributed by atoms with Gasteiger partial charge in [-0.2, -0.15) is 5.10 Å². The van der Waals surface area contributed by atoms with Crippen molar-refractivity contribution in [3.8, 4) is 11.3 Å². The zero-order valence-electron chi connectivity index (χ0n) is 20.5. The van der Waals surface area contributed by atoms with E-state index in [1.165, 1.54) is 17.5 Å². The summed E-state index contributed by atoms with van der Waals surface area (Å²) in [6, 6.07) is 14.7. The maximum atomic E-state index is 13.1. The number of nitrogens with zero attached hydrogens (tertiary/aromatic N) is 5. The number of hydrogen-bond donors (Lipinski definition) is 3. The lowest BCUT2D eigenvalue weighted by molar-refractivity contribution is 0.0949. The number of carbonyl (C=O) groups is 2. The Morgan fingerprint density at radius 3 is 2.73 bits per heavy atom. The Bertz CT molecular complexity index is 1400. The van der Waals surface area contributed by atoms with Gasteiger partial charge in [0.1, 0.15) is 11.5 Å². The van der Waals surface area contributed by atoms with Crippen LogP contribution in [0.4, 0.5) is 11.5 Å². The van der Waals surface area contributed by atoms with E-state index in [0.29, 0.717) is 24.3 Å². The van der Waals surface area contributed by atoms with Crippen molar-refractivity contribution in [2.75, 3.05) is 23.7 Å². The van der Waals surface area contributed by atoms with E-state index in [-0.39, 0.29) is 17.3 Å². The number of aryl methyl sites for hydroxylation is 1. The van der Waals surface area contributed by atoms with Crippen LogP contribution in [0.5, 0.6) is 0 Å². The van der Waals surface area contributed by atoms with Gasteiger partial charge in [-0.05, 0) is 55.2 Å². The number of aromatic nitrogens is 5. The average molecular weight is 497 g/mol. The molecule has 1 saturated carbocycles. The Morgan fingerprint density at radius 1 is 1.03 bits per heavy atom. The monoisotopic (exact) mass is 496 g/mol. The lowest BCUT2D eigenvalue weighted by atomic mass is 10.1. The molecule has 0 bridgehead atoms. The minimum atomic E-state index is -0.432. The van der Waals surface area contributed by atoms with Crippen molar-refractivity contribution in [2.45, 2.75) is 19.3 Å². The van der Waals surface area contributed by atoms with Gasteiger partial charge >= 0.3 is 0 Å². The molecule has 0 radical (unpaired) electrons. The normalized spacial score (nSPS) is 12.7. The van der Waals surface area contributed by atoms with Crippen molar-refractivity contribution in [2.24, 2.45) is 13.0 Å². The largest absolute Gasteiger partial charge is 0.370 e. The second-order valence-electron chi connectivity index (χ2n) is 9.01. The fourth-order valence-electron chi connectivity index (χ4n) is 3.85. The number of amides is 2. The standard InChI is InChI=1S/C27H28N8O2/c1-35-17-23(25(34-35)27(37)30-14-11-20-5-2-3-12-28-20)33-26(36)22-7-4-6-21(32-22)19-10-13-29-24(15-19)31-16-18-8-9-18/h2-7,10,12-13,15,17-18H,8-9,11,14,16H2,1H3,(H,29,31)(H,30,37)(H,33,36). The molecule has 0 aliphatic heterocycles. The molecule has 0 aromatic carbocycles. The number of anilines is 2. The number of carbonyl (C=O) groups excluding carboxylic acids is 2. The molecule has 0 spiro atoms. The Labute approximate surface area is 214 Å². The van der Waals surface area contributed by atoms with Gasteiger partial charge in [0.15, 0.2) is 5.69 Å². The van der Waals surface area contributed by atoms with Gasteiger partial charge in [-0.15, -0.1) is 0 Å². The fourth-order valence-corrected chi connectivity index (χ4v) is 3.85. The molecule has 4 aromatic heterocycles. The summed E-state index contributed by atoms with van der Waals surface area (Å²) >= 11 is 0. The zero-order chi connectivity index (χ0) is 25.6. The van der Waals surface area contributed by atoms with E-state index in [2.05, 4.69) is 36.0 Å². The third-order valence-corrected chi connectivity index (χ3v) is 5.99. The molecule has 37 heavy (non-hydrogen) atoms. The van der Waals surface area contributed by atoms with Crippen molar-refractivity contribution in [1.82, 2.24) is 30.0 Å². The fraction of sp³-hybridized carbons (Fsp3) is 0.259. The van der Waals surface area contributed by atoms with Crippen LogP contribution in [0.25, 0.3) is 11.3 Å². The summed E-state index contributed by atoms with van der Waals surface area (Å²) < 4.78 is 1.49. The van der Waals surface area contributed by atoms with E-state index in [1.807, 2.05) is 36.4 Å². The van der Waals surface area contributed by atoms with Crippen LogP contribution in [-0.4, -0.2) is 49.6 Å². The summed E-state index contributed by atoms with van der Waals surface area (Å²) in [4.78, 5) is 39.0. The number of hydrogen-bond acceptors (Lipinski definition) is 7. The maximum Gasteiger partial charge on any atom is 0.274 e. The van der Waals surface area contributed by atoms with Crippen LogP contribution < -0.4 is 16.0 Å². The number of rotatable bonds is 10. The lowest BCUT2D eigenvalue weighted by Gasteiger charge is -2.09. The molecule has 1 aliphatic carbocycles. The molecular weight excluding hydrogens is 468 g/mol. The molecule has 10 heteroatoms. The van der Waals surface area contributed by atoms with Crippen molar-refractivity contribution in [3.05, 3.63) is 84.2 Å². The van der Waals surface area contributed by atoms with Crippen LogP contribution in [0, 0.1) is 5.92 Å². The smallest absolute Gasteiger partial charge is 0.274 e. The molecular formula is C27H28N8O2. The zero-order valence-corrected chi connectivity index (χ0v) is 20.5. The summed E-state index contributed by atoms with van der Waals surface area (Å²) in [5, 5.41) is 13.2. The molecule has 5 rings (SSSR count). The first-order chi connectivity index (χ1) is 18.0. The highest BCUT2D eigenvalue weighted by atomic mass is 16.2. The van der Waals surface area contributed by atoms with Gasteiger partial charge in [-0.3, -0.25) is 19.3 Å². The number of nitrogens with one attached hydrogen (secondary N) is 3. The molecule has 3 N–H and O–H groups in total. The Morgan fingerprint density at radius 2 is 1.92 bits per heavy atom. The van der Waals surface area contributed by atoms with Crippen LogP contribution in [-0.2, 0) is 13.5 Å². The molecule has 4 aromatic rings. The molecule has 4 heterocycles. The van der Waals surface area contributed by atoms with Gasteiger partial charge in [-0.25, -0.2) is 9.97 Å². The molecule has 2 amide bonds. The lowest BCUT2D eigenvalue weighted by Crippen LogP contribution is -2.27. The third-order valence-electron chi connectivity index (χ3n) is 5.99. The van der Waals surface area contributed by atoms with Gasteiger partial charge in [0.05, 0.1) is 11.4 Å². The molecule has 0 saturated heterocycles. The van der Waals surface area contributed by atoms with Crippen molar-refractivity contribution in [3.63, 3.8) is 0 Å². The maximum absolute atomic E-state index is 13.1. The van der Waals surface area contributed by atoms with Gasteiger partial charge < -0.3 is 16.0 Å². The highest BCUT2D eigenvalue weighted by Gasteiger charge is 2.21. The van der Waals surface area contributed by atoms with Crippen LogP contribution in [0.1, 0.15) is 39.5 Å². The van der Waals surface area contributed by atoms with E-state index in [0.717, 1.165) is 29.5 Å². The summed E-state index contributed by atoms with van der Waals surface area (Å²) in [6.45, 7) is 1.31. The van der Waals surface area contributed by atoms with Gasteiger partial charge in [-0.1, -0.05) is 12.1 Å². The predicted molar refractivity (Wildman–Crippen MR) is 140 cm³/mol. The highest BCUT2D eigenvalue weighted by molar-refractivity contribution is 6.07.